The average molecular weight is 195 g/mol. The van der Waals surface area contributed by atoms with E-state index >= 15 is 0 Å². The van der Waals surface area contributed by atoms with E-state index in [2.05, 4.69) is 5.32 Å². The number of sulfone groups is 1. The van der Waals surface area contributed by atoms with Crippen molar-refractivity contribution in [3.63, 3.8) is 0 Å². The lowest BCUT2D eigenvalue weighted by Crippen LogP contribution is -2.36. The normalized spacial score (nSPS) is 17.3. The summed E-state index contributed by atoms with van der Waals surface area (Å²) >= 11 is 0. The molecule has 0 aromatic rings. The van der Waals surface area contributed by atoms with E-state index in [1.807, 2.05) is 0 Å². The lowest BCUT2D eigenvalue weighted by molar-refractivity contribution is 0.188. The molecule has 0 aliphatic heterocycles. The minimum Gasteiger partial charge on any atom is -0.392 e. The van der Waals surface area contributed by atoms with Crippen LogP contribution in [0.25, 0.3) is 0 Å². The Balaban J connectivity index is 3.68. The molecule has 0 amide bonds. The summed E-state index contributed by atoms with van der Waals surface area (Å²) in [5, 5.41) is 11.8. The standard InChI is InChI=1S/C7H17NO3S/c1-6(5-12(3,10)11)8-4-7(2)9/h6-9H,4-5H2,1-3H3. The average Bonchev–Trinajstić information content (AvgIpc) is 1.79. The van der Waals surface area contributed by atoms with Crippen LogP contribution in [0.5, 0.6) is 0 Å². The van der Waals surface area contributed by atoms with Crippen LogP contribution in [-0.2, 0) is 9.84 Å². The third kappa shape index (κ3) is 7.97. The lowest BCUT2D eigenvalue weighted by atomic mass is 10.3. The first-order valence-corrected chi connectivity index (χ1v) is 5.96. The second-order valence-electron chi connectivity index (χ2n) is 3.25. The molecule has 12 heavy (non-hydrogen) atoms. The van der Waals surface area contributed by atoms with Gasteiger partial charge in [-0.25, -0.2) is 8.42 Å². The number of hydrogen-bond acceptors (Lipinski definition) is 4. The fourth-order valence-corrected chi connectivity index (χ4v) is 1.91. The Morgan fingerprint density at radius 3 is 2.25 bits per heavy atom. The highest BCUT2D eigenvalue weighted by atomic mass is 32.2. The minimum atomic E-state index is -2.92. The van der Waals surface area contributed by atoms with Gasteiger partial charge >= 0.3 is 0 Å². The monoisotopic (exact) mass is 195 g/mol. The molecule has 0 bridgehead atoms. The van der Waals surface area contributed by atoms with Gasteiger partial charge in [0.2, 0.25) is 0 Å². The molecular formula is C7H17NO3S. The number of rotatable bonds is 5. The molecule has 2 N–H and O–H groups in total. The molecule has 0 radical (unpaired) electrons. The highest BCUT2D eigenvalue weighted by Crippen LogP contribution is 1.90. The van der Waals surface area contributed by atoms with Crippen LogP contribution in [-0.4, -0.2) is 44.2 Å². The summed E-state index contributed by atoms with van der Waals surface area (Å²) in [6.07, 6.45) is 0.764. The summed E-state index contributed by atoms with van der Waals surface area (Å²) in [5.74, 6) is 0.111. The first-order valence-electron chi connectivity index (χ1n) is 3.90. The minimum absolute atomic E-state index is 0.102. The van der Waals surface area contributed by atoms with Crippen LogP contribution in [0.3, 0.4) is 0 Å². The Labute approximate surface area is 73.9 Å². The summed E-state index contributed by atoms with van der Waals surface area (Å²) in [4.78, 5) is 0. The van der Waals surface area contributed by atoms with E-state index in [0.717, 1.165) is 0 Å². The molecule has 0 fully saturated rings. The molecular weight excluding hydrogens is 178 g/mol. The Bertz CT molecular complexity index is 211. The van der Waals surface area contributed by atoms with Gasteiger partial charge in [-0.3, -0.25) is 0 Å². The third-order valence-electron chi connectivity index (χ3n) is 1.31. The second-order valence-corrected chi connectivity index (χ2v) is 5.44. The summed E-state index contributed by atoms with van der Waals surface area (Å²) in [7, 11) is -2.92. The summed E-state index contributed by atoms with van der Waals surface area (Å²) in [5.41, 5.74) is 0. The Hall–Kier alpha value is -0.130. The van der Waals surface area contributed by atoms with Gasteiger partial charge in [0.05, 0.1) is 11.9 Å². The maximum atomic E-state index is 10.8. The van der Waals surface area contributed by atoms with Crippen molar-refractivity contribution in [3.8, 4) is 0 Å². The maximum absolute atomic E-state index is 10.8. The Morgan fingerprint density at radius 1 is 1.42 bits per heavy atom. The zero-order valence-corrected chi connectivity index (χ0v) is 8.56. The highest BCUT2D eigenvalue weighted by Gasteiger charge is 2.09. The van der Waals surface area contributed by atoms with Crippen LogP contribution in [0.2, 0.25) is 0 Å². The molecule has 74 valence electrons. The largest absolute Gasteiger partial charge is 0.392 e. The van der Waals surface area contributed by atoms with Crippen LogP contribution in [0.15, 0.2) is 0 Å². The topological polar surface area (TPSA) is 66.4 Å². The van der Waals surface area contributed by atoms with Crippen molar-refractivity contribution in [3.05, 3.63) is 0 Å². The molecule has 0 saturated carbocycles. The fraction of sp³-hybridized carbons (Fsp3) is 1.00. The lowest BCUT2D eigenvalue weighted by Gasteiger charge is -2.13. The molecule has 0 spiro atoms. The van der Waals surface area contributed by atoms with E-state index in [4.69, 9.17) is 5.11 Å². The highest BCUT2D eigenvalue weighted by molar-refractivity contribution is 7.90. The molecule has 2 unspecified atom stereocenters. The van der Waals surface area contributed by atoms with Gasteiger partial charge in [0.15, 0.2) is 0 Å². The zero-order valence-electron chi connectivity index (χ0n) is 7.74. The smallest absolute Gasteiger partial charge is 0.148 e. The van der Waals surface area contributed by atoms with Crippen molar-refractivity contribution in [1.29, 1.82) is 0 Å². The summed E-state index contributed by atoms with van der Waals surface area (Å²) in [6.45, 7) is 3.86. The predicted molar refractivity (Wildman–Crippen MR) is 48.9 cm³/mol. The van der Waals surface area contributed by atoms with E-state index in [1.54, 1.807) is 13.8 Å². The molecule has 0 aromatic heterocycles. The van der Waals surface area contributed by atoms with Crippen LogP contribution in [0, 0.1) is 0 Å². The summed E-state index contributed by atoms with van der Waals surface area (Å²) < 4.78 is 21.6. The van der Waals surface area contributed by atoms with Crippen LogP contribution < -0.4 is 5.32 Å². The summed E-state index contributed by atoms with van der Waals surface area (Å²) in [6, 6.07) is -0.102. The van der Waals surface area contributed by atoms with E-state index in [1.165, 1.54) is 6.26 Å². The van der Waals surface area contributed by atoms with Crippen LogP contribution >= 0.6 is 0 Å². The zero-order chi connectivity index (χ0) is 9.78. The Kier molecular flexibility index (Phi) is 4.74. The van der Waals surface area contributed by atoms with Gasteiger partial charge in [0, 0.05) is 18.8 Å². The number of nitrogens with one attached hydrogen (secondary N) is 1. The van der Waals surface area contributed by atoms with Gasteiger partial charge < -0.3 is 10.4 Å². The third-order valence-corrected chi connectivity index (χ3v) is 2.42. The molecule has 0 aromatic carbocycles. The SMILES string of the molecule is CC(O)CNC(C)CS(C)(=O)=O. The Morgan fingerprint density at radius 2 is 1.92 bits per heavy atom. The van der Waals surface area contributed by atoms with Crippen molar-refractivity contribution >= 4 is 9.84 Å². The first kappa shape index (κ1) is 11.9. The van der Waals surface area contributed by atoms with E-state index in [9.17, 15) is 8.42 Å². The van der Waals surface area contributed by atoms with Crippen LogP contribution in [0.1, 0.15) is 13.8 Å². The second kappa shape index (κ2) is 4.79. The number of aliphatic hydroxyl groups excluding tert-OH is 1. The van der Waals surface area contributed by atoms with Crippen molar-refractivity contribution in [1.82, 2.24) is 5.32 Å². The molecule has 0 aliphatic rings. The van der Waals surface area contributed by atoms with Crippen LogP contribution in [0.4, 0.5) is 0 Å². The molecule has 4 nitrogen and oxygen atoms in total. The molecule has 0 saturated heterocycles. The molecule has 2 atom stereocenters. The fourth-order valence-electron chi connectivity index (χ4n) is 0.885. The van der Waals surface area contributed by atoms with E-state index in [0.29, 0.717) is 6.54 Å². The quantitative estimate of drug-likeness (QED) is 0.614. The number of aliphatic hydroxyl groups is 1. The predicted octanol–water partition coefficient (Wildman–Crippen LogP) is -0.610. The number of hydrogen-bond donors (Lipinski definition) is 2. The van der Waals surface area contributed by atoms with Gasteiger partial charge in [0.25, 0.3) is 0 Å². The molecule has 0 rings (SSSR count). The molecule has 0 aliphatic carbocycles. The first-order chi connectivity index (χ1) is 5.31. The van der Waals surface area contributed by atoms with Crippen molar-refractivity contribution in [2.24, 2.45) is 0 Å². The molecule has 0 heterocycles. The van der Waals surface area contributed by atoms with Gasteiger partial charge in [-0.2, -0.15) is 0 Å². The van der Waals surface area contributed by atoms with Gasteiger partial charge in [0.1, 0.15) is 9.84 Å². The van der Waals surface area contributed by atoms with Gasteiger partial charge in [-0.05, 0) is 13.8 Å². The van der Waals surface area contributed by atoms with Gasteiger partial charge in [-0.15, -0.1) is 0 Å². The van der Waals surface area contributed by atoms with Crippen molar-refractivity contribution in [2.45, 2.75) is 26.0 Å². The van der Waals surface area contributed by atoms with Crippen molar-refractivity contribution in [2.75, 3.05) is 18.6 Å². The van der Waals surface area contributed by atoms with E-state index in [-0.39, 0.29) is 11.8 Å². The van der Waals surface area contributed by atoms with Crippen molar-refractivity contribution < 1.29 is 13.5 Å². The van der Waals surface area contributed by atoms with Gasteiger partial charge in [-0.1, -0.05) is 0 Å². The molecule has 5 heteroatoms. The maximum Gasteiger partial charge on any atom is 0.148 e. The van der Waals surface area contributed by atoms with E-state index < -0.39 is 15.9 Å².